The van der Waals surface area contributed by atoms with Crippen molar-refractivity contribution in [3.63, 3.8) is 0 Å². The summed E-state index contributed by atoms with van der Waals surface area (Å²) in [5, 5.41) is 3.87. The molecule has 0 spiro atoms. The number of hydrogen-bond acceptors (Lipinski definition) is 5. The van der Waals surface area contributed by atoms with Crippen molar-refractivity contribution in [1.29, 1.82) is 0 Å². The van der Waals surface area contributed by atoms with Gasteiger partial charge in [-0.3, -0.25) is 9.36 Å². The second kappa shape index (κ2) is 6.74. The Morgan fingerprint density at radius 3 is 2.69 bits per heavy atom. The zero-order valence-electron chi connectivity index (χ0n) is 15.2. The molecule has 7 heteroatoms. The quantitative estimate of drug-likeness (QED) is 0.752. The average molecular weight is 356 g/mol. The van der Waals surface area contributed by atoms with Crippen molar-refractivity contribution in [3.05, 3.63) is 52.7 Å². The minimum absolute atomic E-state index is 0.00662. The molecule has 2 aromatic heterocycles. The molecule has 0 saturated heterocycles. The van der Waals surface area contributed by atoms with E-state index < -0.39 is 11.4 Å². The molecule has 136 valence electrons. The van der Waals surface area contributed by atoms with Gasteiger partial charge in [-0.2, -0.15) is 4.98 Å². The molecule has 0 atom stereocenters. The molecule has 0 aliphatic rings. The number of benzene rings is 1. The lowest BCUT2D eigenvalue weighted by Gasteiger charge is -2.24. The molecule has 3 aromatic rings. The molecule has 0 fully saturated rings. The van der Waals surface area contributed by atoms with Crippen LogP contribution in [-0.2, 0) is 7.05 Å². The SMILES string of the molecule is CCC(C)(C)Nc1ncc2cc(Oc3ccccc3F)c(=O)n(C)c2n1. The van der Waals surface area contributed by atoms with E-state index in [0.29, 0.717) is 17.0 Å². The van der Waals surface area contributed by atoms with E-state index in [1.807, 2.05) is 13.8 Å². The summed E-state index contributed by atoms with van der Waals surface area (Å²) < 4.78 is 20.6. The van der Waals surface area contributed by atoms with Crippen molar-refractivity contribution >= 4 is 17.0 Å². The zero-order chi connectivity index (χ0) is 18.9. The highest BCUT2D eigenvalue weighted by Gasteiger charge is 2.17. The van der Waals surface area contributed by atoms with Gasteiger partial charge < -0.3 is 10.1 Å². The number of aryl methyl sites for hydroxylation is 1. The number of fused-ring (bicyclic) bond motifs is 1. The van der Waals surface area contributed by atoms with Crippen molar-refractivity contribution in [1.82, 2.24) is 14.5 Å². The number of halogens is 1. The van der Waals surface area contributed by atoms with Crippen molar-refractivity contribution in [2.75, 3.05) is 5.32 Å². The van der Waals surface area contributed by atoms with Crippen LogP contribution in [0.5, 0.6) is 11.5 Å². The highest BCUT2D eigenvalue weighted by molar-refractivity contribution is 5.76. The predicted molar refractivity (Wildman–Crippen MR) is 99.2 cm³/mol. The Balaban J connectivity index is 2.03. The van der Waals surface area contributed by atoms with Gasteiger partial charge in [-0.05, 0) is 38.5 Å². The normalized spacial score (nSPS) is 11.6. The van der Waals surface area contributed by atoms with Crippen molar-refractivity contribution in [2.24, 2.45) is 7.05 Å². The fourth-order valence-electron chi connectivity index (χ4n) is 2.39. The van der Waals surface area contributed by atoms with E-state index in [2.05, 4.69) is 22.2 Å². The van der Waals surface area contributed by atoms with Gasteiger partial charge in [0.05, 0.1) is 0 Å². The summed E-state index contributed by atoms with van der Waals surface area (Å²) in [5.74, 6) is -0.0782. The zero-order valence-corrected chi connectivity index (χ0v) is 15.2. The van der Waals surface area contributed by atoms with Gasteiger partial charge in [0.15, 0.2) is 17.3 Å². The molecule has 1 aromatic carbocycles. The first kappa shape index (κ1) is 17.8. The van der Waals surface area contributed by atoms with Crippen molar-refractivity contribution < 1.29 is 9.13 Å². The molecule has 6 nitrogen and oxygen atoms in total. The molecule has 0 radical (unpaired) electrons. The average Bonchev–Trinajstić information content (AvgIpc) is 2.61. The highest BCUT2D eigenvalue weighted by atomic mass is 19.1. The van der Waals surface area contributed by atoms with Crippen LogP contribution in [0.25, 0.3) is 11.0 Å². The third-order valence-electron chi connectivity index (χ3n) is 4.31. The summed E-state index contributed by atoms with van der Waals surface area (Å²) in [6, 6.07) is 7.47. The number of para-hydroxylation sites is 1. The summed E-state index contributed by atoms with van der Waals surface area (Å²) in [6.07, 6.45) is 2.51. The van der Waals surface area contributed by atoms with E-state index in [0.717, 1.165) is 6.42 Å². The number of rotatable bonds is 5. The summed E-state index contributed by atoms with van der Waals surface area (Å²) >= 11 is 0. The van der Waals surface area contributed by atoms with Crippen LogP contribution in [0.3, 0.4) is 0 Å². The van der Waals surface area contributed by atoms with Crippen LogP contribution in [0, 0.1) is 5.82 Å². The summed E-state index contributed by atoms with van der Waals surface area (Å²) in [7, 11) is 1.60. The first-order chi connectivity index (χ1) is 12.3. The van der Waals surface area contributed by atoms with Gasteiger partial charge in [0.1, 0.15) is 5.65 Å². The topological polar surface area (TPSA) is 69.0 Å². The van der Waals surface area contributed by atoms with Crippen LogP contribution in [0.1, 0.15) is 27.2 Å². The van der Waals surface area contributed by atoms with Gasteiger partial charge in [-0.15, -0.1) is 0 Å². The Labute approximate surface area is 150 Å². The molecule has 0 aliphatic carbocycles. The lowest BCUT2D eigenvalue weighted by Crippen LogP contribution is -2.31. The van der Waals surface area contributed by atoms with E-state index in [9.17, 15) is 9.18 Å². The molecule has 0 amide bonds. The number of aromatic nitrogens is 3. The van der Waals surface area contributed by atoms with E-state index in [4.69, 9.17) is 4.74 Å². The molecule has 0 saturated carbocycles. The first-order valence-electron chi connectivity index (χ1n) is 8.38. The van der Waals surface area contributed by atoms with E-state index in [1.54, 1.807) is 25.4 Å². The monoisotopic (exact) mass is 356 g/mol. The molecular formula is C19H21FN4O2. The standard InChI is InChI=1S/C19H21FN4O2/c1-5-19(2,3)23-18-21-11-12-10-15(17(25)24(4)16(12)22-18)26-14-9-7-6-8-13(14)20/h6-11H,5H2,1-4H3,(H,21,22,23). The Hall–Kier alpha value is -2.96. The largest absolute Gasteiger partial charge is 0.448 e. The van der Waals surface area contributed by atoms with Gasteiger partial charge in [0.2, 0.25) is 5.95 Å². The van der Waals surface area contributed by atoms with Crippen molar-refractivity contribution in [3.8, 4) is 11.5 Å². The van der Waals surface area contributed by atoms with Gasteiger partial charge in [0, 0.05) is 24.2 Å². The maximum absolute atomic E-state index is 13.8. The number of nitrogens with one attached hydrogen (secondary N) is 1. The molecular weight excluding hydrogens is 335 g/mol. The van der Waals surface area contributed by atoms with Gasteiger partial charge in [0.25, 0.3) is 5.56 Å². The molecule has 0 bridgehead atoms. The molecule has 1 N–H and O–H groups in total. The van der Waals surface area contributed by atoms with Crippen LogP contribution in [0.4, 0.5) is 10.3 Å². The smallest absolute Gasteiger partial charge is 0.294 e. The molecule has 2 heterocycles. The second-order valence-electron chi connectivity index (χ2n) is 6.74. The van der Waals surface area contributed by atoms with Crippen LogP contribution in [0.2, 0.25) is 0 Å². The Bertz CT molecular complexity index is 1010. The van der Waals surface area contributed by atoms with Crippen LogP contribution in [-0.4, -0.2) is 20.1 Å². The number of anilines is 1. The highest BCUT2D eigenvalue weighted by Crippen LogP contribution is 2.24. The summed E-state index contributed by atoms with van der Waals surface area (Å²) in [6.45, 7) is 6.16. The predicted octanol–water partition coefficient (Wildman–Crippen LogP) is 3.86. The number of hydrogen-bond donors (Lipinski definition) is 1. The molecule has 3 rings (SSSR count). The first-order valence-corrected chi connectivity index (χ1v) is 8.38. The number of pyridine rings is 1. The van der Waals surface area contributed by atoms with Gasteiger partial charge in [-0.1, -0.05) is 19.1 Å². The van der Waals surface area contributed by atoms with Crippen LogP contribution >= 0.6 is 0 Å². The van der Waals surface area contributed by atoms with E-state index >= 15 is 0 Å². The maximum atomic E-state index is 13.8. The fourth-order valence-corrected chi connectivity index (χ4v) is 2.39. The Morgan fingerprint density at radius 1 is 1.27 bits per heavy atom. The molecule has 0 unspecified atom stereocenters. The van der Waals surface area contributed by atoms with E-state index in [1.165, 1.54) is 22.8 Å². The second-order valence-corrected chi connectivity index (χ2v) is 6.74. The third-order valence-corrected chi connectivity index (χ3v) is 4.31. The van der Waals surface area contributed by atoms with Gasteiger partial charge in [-0.25, -0.2) is 9.37 Å². The third kappa shape index (κ3) is 3.51. The van der Waals surface area contributed by atoms with E-state index in [-0.39, 0.29) is 17.0 Å². The lowest BCUT2D eigenvalue weighted by atomic mass is 10.0. The lowest BCUT2D eigenvalue weighted by molar-refractivity contribution is 0.434. The Morgan fingerprint density at radius 2 is 2.00 bits per heavy atom. The minimum atomic E-state index is -0.535. The number of ether oxygens (including phenoxy) is 1. The van der Waals surface area contributed by atoms with Gasteiger partial charge >= 0.3 is 0 Å². The van der Waals surface area contributed by atoms with Crippen molar-refractivity contribution in [2.45, 2.75) is 32.7 Å². The summed E-state index contributed by atoms with van der Waals surface area (Å²) in [4.78, 5) is 21.3. The molecule has 0 aliphatic heterocycles. The maximum Gasteiger partial charge on any atom is 0.294 e. The number of nitrogens with zero attached hydrogens (tertiary/aromatic N) is 3. The molecule has 26 heavy (non-hydrogen) atoms. The van der Waals surface area contributed by atoms with Crippen LogP contribution < -0.4 is 15.6 Å². The summed E-state index contributed by atoms with van der Waals surface area (Å²) in [5.41, 5.74) is -0.0964. The van der Waals surface area contributed by atoms with Crippen LogP contribution in [0.15, 0.2) is 41.3 Å². The fraction of sp³-hybridized carbons (Fsp3) is 0.316. The Kier molecular flexibility index (Phi) is 4.63. The minimum Gasteiger partial charge on any atom is -0.448 e.